The predicted molar refractivity (Wildman–Crippen MR) is 208 cm³/mol. The molecule has 1 N–H and O–H groups in total. The van der Waals surface area contributed by atoms with Crippen LogP contribution in [0.25, 0.3) is 17.2 Å². The highest BCUT2D eigenvalue weighted by atomic mass is 32.2. The third-order valence-electron chi connectivity index (χ3n) is 8.46. The third-order valence-corrected chi connectivity index (χ3v) is 9.67. The van der Waals surface area contributed by atoms with Crippen molar-refractivity contribution >= 4 is 35.1 Å². The molecule has 264 valence electrons. The van der Waals surface area contributed by atoms with Gasteiger partial charge in [0.05, 0.1) is 18.9 Å². The molecule has 8 heteroatoms. The highest BCUT2D eigenvalue weighted by Gasteiger charge is 2.21. The zero-order valence-corrected chi connectivity index (χ0v) is 31.0. The van der Waals surface area contributed by atoms with Crippen molar-refractivity contribution in [2.24, 2.45) is 5.92 Å². The summed E-state index contributed by atoms with van der Waals surface area (Å²) in [5.74, 6) is 2.83. The Morgan fingerprint density at radius 1 is 0.920 bits per heavy atom. The smallest absolute Gasteiger partial charge is 0.251 e. The molecule has 50 heavy (non-hydrogen) atoms. The van der Waals surface area contributed by atoms with Gasteiger partial charge in [-0.25, -0.2) is 0 Å². The Balaban J connectivity index is 1.27. The molecule has 0 spiro atoms. The van der Waals surface area contributed by atoms with Crippen LogP contribution in [0.3, 0.4) is 0 Å². The van der Waals surface area contributed by atoms with Gasteiger partial charge in [-0.05, 0) is 109 Å². The molecule has 1 amide bonds. The summed E-state index contributed by atoms with van der Waals surface area (Å²) in [4.78, 5) is 21.8. The first-order valence-corrected chi connectivity index (χ1v) is 18.8. The van der Waals surface area contributed by atoms with Crippen LogP contribution in [0.1, 0.15) is 63.8 Å². The average Bonchev–Trinajstić information content (AvgIpc) is 3.29. The molecule has 0 saturated carbocycles. The lowest BCUT2D eigenvalue weighted by Crippen LogP contribution is -2.29. The van der Waals surface area contributed by atoms with Crippen molar-refractivity contribution in [3.05, 3.63) is 101 Å². The van der Waals surface area contributed by atoms with Gasteiger partial charge in [0, 0.05) is 59.6 Å². The van der Waals surface area contributed by atoms with Crippen molar-refractivity contribution < 1.29 is 19.0 Å². The molecule has 0 aliphatic carbocycles. The van der Waals surface area contributed by atoms with Gasteiger partial charge < -0.3 is 24.4 Å². The monoisotopic (exact) mass is 693 g/mol. The van der Waals surface area contributed by atoms with Gasteiger partial charge in [0.25, 0.3) is 5.91 Å². The van der Waals surface area contributed by atoms with Crippen LogP contribution in [-0.2, 0) is 15.3 Å². The number of ether oxygens (including phenoxy) is 3. The van der Waals surface area contributed by atoms with Crippen LogP contribution in [0.4, 0.5) is 11.4 Å². The van der Waals surface area contributed by atoms with Crippen LogP contribution < -0.4 is 19.7 Å². The number of amides is 1. The number of benzene rings is 3. The van der Waals surface area contributed by atoms with Gasteiger partial charge in [0.1, 0.15) is 18.1 Å². The summed E-state index contributed by atoms with van der Waals surface area (Å²) < 4.78 is 17.1. The number of nitrogens with one attached hydrogen (secondary N) is 1. The fourth-order valence-electron chi connectivity index (χ4n) is 5.94. The Morgan fingerprint density at radius 3 is 2.50 bits per heavy atom. The van der Waals surface area contributed by atoms with Crippen LogP contribution in [0.2, 0.25) is 0 Å². The maximum Gasteiger partial charge on any atom is 0.251 e. The van der Waals surface area contributed by atoms with Crippen LogP contribution in [0.5, 0.6) is 11.5 Å². The van der Waals surface area contributed by atoms with Gasteiger partial charge in [-0.3, -0.25) is 9.78 Å². The first kappa shape index (κ1) is 37.0. The summed E-state index contributed by atoms with van der Waals surface area (Å²) in [5, 5.41) is 3.19. The summed E-state index contributed by atoms with van der Waals surface area (Å²) in [5.41, 5.74) is 8.06. The number of thioether (sulfide) groups is 1. The fraction of sp³-hybridized carbons (Fsp3) is 0.381. The predicted octanol–water partition coefficient (Wildman–Crippen LogP) is 9.83. The number of carbonyl (C=O) groups excluding carboxylic acids is 1. The molecule has 5 rings (SSSR count). The molecule has 0 atom stereocenters. The Hall–Kier alpha value is -4.27. The Labute approximate surface area is 302 Å². The van der Waals surface area contributed by atoms with E-state index in [9.17, 15) is 4.79 Å². The highest BCUT2D eigenvalue weighted by molar-refractivity contribution is 7.98. The number of pyridine rings is 1. The number of aryl methyl sites for hydroxylation is 1. The number of fused-ring (bicyclic) bond motifs is 1. The van der Waals surface area contributed by atoms with Crippen LogP contribution in [0.15, 0.2) is 89.5 Å². The molecule has 3 aromatic carbocycles. The summed E-state index contributed by atoms with van der Waals surface area (Å²) >= 11 is 1.73. The van der Waals surface area contributed by atoms with Gasteiger partial charge in [0.2, 0.25) is 0 Å². The second kappa shape index (κ2) is 18.6. The summed E-state index contributed by atoms with van der Waals surface area (Å²) in [6, 6.07) is 24.8. The molecule has 0 saturated heterocycles. The van der Waals surface area contributed by atoms with Crippen molar-refractivity contribution in [1.82, 2.24) is 4.98 Å². The number of hydrogen-bond acceptors (Lipinski definition) is 7. The quantitative estimate of drug-likeness (QED) is 0.0872. The van der Waals surface area contributed by atoms with E-state index in [4.69, 9.17) is 14.2 Å². The third kappa shape index (κ3) is 10.6. The van der Waals surface area contributed by atoms with Crippen LogP contribution in [0, 0.1) is 12.8 Å². The minimum Gasteiger partial charge on any atom is -0.494 e. The average molecular weight is 694 g/mol. The Morgan fingerprint density at radius 2 is 1.74 bits per heavy atom. The van der Waals surface area contributed by atoms with Crippen LogP contribution in [-0.4, -0.2) is 50.4 Å². The summed E-state index contributed by atoms with van der Waals surface area (Å²) in [7, 11) is 0. The SMILES string of the molecule is CCCCOCCOc1ccc(-c2ccc3c(c2)C=C(C(=O)Nc2ccc(SCc4cc(OCC)ccn4)c(C)c2)CCN3CC(C)C)cc1. The number of anilines is 2. The number of nitrogens with zero attached hydrogens (tertiary/aromatic N) is 2. The molecular weight excluding hydrogens is 643 g/mol. The van der Waals surface area contributed by atoms with Gasteiger partial charge >= 0.3 is 0 Å². The topological polar surface area (TPSA) is 72.9 Å². The van der Waals surface area contributed by atoms with E-state index in [1.54, 1.807) is 18.0 Å². The normalized spacial score (nSPS) is 12.7. The van der Waals surface area contributed by atoms with Crippen LogP contribution >= 0.6 is 11.8 Å². The highest BCUT2D eigenvalue weighted by Crippen LogP contribution is 2.34. The van der Waals surface area contributed by atoms with Crippen molar-refractivity contribution in [2.75, 3.05) is 49.7 Å². The standard InChI is InChI=1S/C42H51N3O4S/c1-6-8-21-47-22-23-49-38-13-9-32(10-14-38)33-11-15-40-35(25-33)26-34(18-20-45(40)28-30(3)4)42(46)44-36-12-16-41(31(5)24-36)50-29-37-27-39(48-7-2)17-19-43-37/h9-17,19,24-27,30H,6-8,18,20-23,28-29H2,1-5H3,(H,44,46). The zero-order chi connectivity index (χ0) is 35.3. The maximum atomic E-state index is 13.8. The minimum absolute atomic E-state index is 0.0651. The molecule has 0 radical (unpaired) electrons. The lowest BCUT2D eigenvalue weighted by molar-refractivity contribution is -0.112. The van der Waals surface area contributed by atoms with E-state index in [-0.39, 0.29) is 5.91 Å². The van der Waals surface area contributed by atoms with E-state index in [0.717, 1.165) is 99.6 Å². The van der Waals surface area contributed by atoms with Crippen molar-refractivity contribution in [3.8, 4) is 22.6 Å². The first-order chi connectivity index (χ1) is 24.3. The number of unbranched alkanes of at least 4 members (excludes halogenated alkanes) is 1. The molecule has 2 heterocycles. The molecule has 0 bridgehead atoms. The van der Waals surface area contributed by atoms with E-state index in [2.05, 4.69) is 85.4 Å². The lowest BCUT2D eigenvalue weighted by Gasteiger charge is -2.27. The van der Waals surface area contributed by atoms with E-state index in [0.29, 0.717) is 32.2 Å². The summed E-state index contributed by atoms with van der Waals surface area (Å²) in [6.45, 7) is 14.9. The molecule has 0 fully saturated rings. The van der Waals surface area contributed by atoms with E-state index in [1.807, 2.05) is 43.3 Å². The fourth-order valence-corrected chi connectivity index (χ4v) is 6.85. The second-order valence-corrected chi connectivity index (χ2v) is 14.0. The summed E-state index contributed by atoms with van der Waals surface area (Å²) in [6.07, 6.45) is 6.73. The molecular formula is C42H51N3O4S. The van der Waals surface area contributed by atoms with Gasteiger partial charge in [-0.15, -0.1) is 11.8 Å². The van der Waals surface area contributed by atoms with Gasteiger partial charge in [-0.2, -0.15) is 0 Å². The number of aromatic nitrogens is 1. The lowest BCUT2D eigenvalue weighted by atomic mass is 10.00. The zero-order valence-electron chi connectivity index (χ0n) is 30.2. The van der Waals surface area contributed by atoms with E-state index < -0.39 is 0 Å². The van der Waals surface area contributed by atoms with Gasteiger partial charge in [-0.1, -0.05) is 45.4 Å². The van der Waals surface area contributed by atoms with E-state index in [1.165, 1.54) is 0 Å². The molecule has 7 nitrogen and oxygen atoms in total. The van der Waals surface area contributed by atoms with Crippen molar-refractivity contribution in [3.63, 3.8) is 0 Å². The van der Waals surface area contributed by atoms with Crippen molar-refractivity contribution in [1.29, 1.82) is 0 Å². The van der Waals surface area contributed by atoms with Crippen molar-refractivity contribution in [2.45, 2.75) is 64.5 Å². The second-order valence-electron chi connectivity index (χ2n) is 13.0. The first-order valence-electron chi connectivity index (χ1n) is 17.9. The largest absolute Gasteiger partial charge is 0.494 e. The Kier molecular flexibility index (Phi) is 13.8. The number of carbonyl (C=O) groups is 1. The molecule has 1 aromatic heterocycles. The van der Waals surface area contributed by atoms with E-state index >= 15 is 0 Å². The van der Waals surface area contributed by atoms with Gasteiger partial charge in [0.15, 0.2) is 0 Å². The maximum absolute atomic E-state index is 13.8. The Bertz CT molecular complexity index is 1740. The molecule has 0 unspecified atom stereocenters. The molecule has 4 aromatic rings. The number of hydrogen-bond donors (Lipinski definition) is 1. The molecule has 1 aliphatic heterocycles. The molecule has 1 aliphatic rings. The minimum atomic E-state index is -0.0651. The number of rotatable bonds is 17.